The van der Waals surface area contributed by atoms with Gasteiger partial charge in [0, 0.05) is 37.4 Å². The van der Waals surface area contributed by atoms with Gasteiger partial charge in [-0.15, -0.1) is 10.2 Å². The fourth-order valence-electron chi connectivity index (χ4n) is 2.79. The molecule has 0 N–H and O–H groups in total. The minimum Gasteiger partial charge on any atom is -0.335 e. The Kier molecular flexibility index (Phi) is 2.90. The van der Waals surface area contributed by atoms with Crippen molar-refractivity contribution < 1.29 is 4.79 Å². The van der Waals surface area contributed by atoms with Crippen molar-refractivity contribution in [1.82, 2.24) is 29.6 Å². The number of amides is 1. The molecule has 0 spiro atoms. The molecule has 0 aromatic carbocycles. The summed E-state index contributed by atoms with van der Waals surface area (Å²) >= 11 is 0. The predicted molar refractivity (Wildman–Crippen MR) is 73.6 cm³/mol. The Morgan fingerprint density at radius 3 is 2.95 bits per heavy atom. The van der Waals surface area contributed by atoms with E-state index in [-0.39, 0.29) is 5.91 Å². The Labute approximate surface area is 122 Å². The molecule has 1 amide bonds. The molecule has 4 rings (SSSR count). The summed E-state index contributed by atoms with van der Waals surface area (Å²) in [5, 5.41) is 7.93. The van der Waals surface area contributed by atoms with Gasteiger partial charge in [-0.25, -0.2) is 9.97 Å². The van der Waals surface area contributed by atoms with Gasteiger partial charge in [-0.1, -0.05) is 0 Å². The lowest BCUT2D eigenvalue weighted by Crippen LogP contribution is -2.35. The second-order valence-electron chi connectivity index (χ2n) is 5.58. The average molecular weight is 284 g/mol. The number of rotatable bonds is 2. The second-order valence-corrected chi connectivity index (χ2v) is 5.58. The SMILES string of the molecule is O=C(c1nncn1C1CC1)N1CCc2cncnc2CC1. The van der Waals surface area contributed by atoms with Crippen LogP contribution in [0.5, 0.6) is 0 Å². The molecule has 0 saturated heterocycles. The van der Waals surface area contributed by atoms with E-state index in [0.29, 0.717) is 25.0 Å². The molecule has 1 aliphatic heterocycles. The predicted octanol–water partition coefficient (Wildman–Crippen LogP) is 0.644. The molecule has 1 aliphatic carbocycles. The van der Waals surface area contributed by atoms with Crippen molar-refractivity contribution in [2.24, 2.45) is 0 Å². The number of hydrogen-bond acceptors (Lipinski definition) is 5. The van der Waals surface area contributed by atoms with Crippen LogP contribution in [0.1, 0.15) is 40.8 Å². The zero-order chi connectivity index (χ0) is 14.2. The van der Waals surface area contributed by atoms with Crippen molar-refractivity contribution in [2.45, 2.75) is 31.7 Å². The molecule has 21 heavy (non-hydrogen) atoms. The van der Waals surface area contributed by atoms with Gasteiger partial charge in [0.25, 0.3) is 5.91 Å². The van der Waals surface area contributed by atoms with Gasteiger partial charge in [0.05, 0.1) is 0 Å². The molecule has 1 fully saturated rings. The Balaban J connectivity index is 1.54. The quantitative estimate of drug-likeness (QED) is 0.809. The molecule has 108 valence electrons. The fraction of sp³-hybridized carbons (Fsp3) is 0.500. The van der Waals surface area contributed by atoms with Crippen LogP contribution < -0.4 is 0 Å². The van der Waals surface area contributed by atoms with Crippen LogP contribution in [-0.2, 0) is 12.8 Å². The third-order valence-corrected chi connectivity index (χ3v) is 4.14. The lowest BCUT2D eigenvalue weighted by molar-refractivity contribution is 0.0745. The highest BCUT2D eigenvalue weighted by Crippen LogP contribution is 2.35. The van der Waals surface area contributed by atoms with Gasteiger partial charge in [-0.2, -0.15) is 0 Å². The van der Waals surface area contributed by atoms with Gasteiger partial charge in [-0.05, 0) is 24.8 Å². The molecule has 0 bridgehead atoms. The summed E-state index contributed by atoms with van der Waals surface area (Å²) in [5.41, 5.74) is 2.18. The van der Waals surface area contributed by atoms with Crippen LogP contribution in [0.15, 0.2) is 18.9 Å². The van der Waals surface area contributed by atoms with Crippen LogP contribution in [0.25, 0.3) is 0 Å². The number of hydrogen-bond donors (Lipinski definition) is 0. The van der Waals surface area contributed by atoms with Gasteiger partial charge < -0.3 is 9.47 Å². The molecule has 7 heteroatoms. The second kappa shape index (κ2) is 4.91. The lowest BCUT2D eigenvalue weighted by atomic mass is 10.1. The average Bonchev–Trinajstić information content (AvgIpc) is 3.28. The minimum atomic E-state index is -0.0276. The first-order chi connectivity index (χ1) is 10.3. The fourth-order valence-corrected chi connectivity index (χ4v) is 2.79. The summed E-state index contributed by atoms with van der Waals surface area (Å²) in [6.45, 7) is 1.34. The Bertz CT molecular complexity index is 651. The first-order valence-corrected chi connectivity index (χ1v) is 7.29. The van der Waals surface area contributed by atoms with Gasteiger partial charge in [0.2, 0.25) is 5.82 Å². The Morgan fingerprint density at radius 2 is 2.10 bits per heavy atom. The van der Waals surface area contributed by atoms with Gasteiger partial charge in [0.1, 0.15) is 12.7 Å². The summed E-state index contributed by atoms with van der Waals surface area (Å²) in [4.78, 5) is 22.9. The lowest BCUT2D eigenvalue weighted by Gasteiger charge is -2.19. The summed E-state index contributed by atoms with van der Waals surface area (Å²) < 4.78 is 1.92. The van der Waals surface area contributed by atoms with E-state index in [4.69, 9.17) is 0 Å². The van der Waals surface area contributed by atoms with Crippen LogP contribution in [0, 0.1) is 0 Å². The normalized spacial score (nSPS) is 18.2. The number of nitrogens with zero attached hydrogens (tertiary/aromatic N) is 6. The van der Waals surface area contributed by atoms with E-state index in [1.165, 1.54) is 0 Å². The van der Waals surface area contributed by atoms with Crippen molar-refractivity contribution in [3.8, 4) is 0 Å². The van der Waals surface area contributed by atoms with Crippen LogP contribution in [0.4, 0.5) is 0 Å². The topological polar surface area (TPSA) is 76.8 Å². The maximum absolute atomic E-state index is 12.7. The highest BCUT2D eigenvalue weighted by atomic mass is 16.2. The standard InChI is InChI=1S/C14H16N6O/c21-14(13-18-17-9-20(13)11-1-2-11)19-5-3-10-7-15-8-16-12(10)4-6-19/h7-9,11H,1-6H2. The van der Waals surface area contributed by atoms with Gasteiger partial charge in [-0.3, -0.25) is 4.79 Å². The zero-order valence-electron chi connectivity index (χ0n) is 11.6. The van der Waals surface area contributed by atoms with Crippen LogP contribution >= 0.6 is 0 Å². The monoisotopic (exact) mass is 284 g/mol. The van der Waals surface area contributed by atoms with E-state index >= 15 is 0 Å². The van der Waals surface area contributed by atoms with E-state index in [0.717, 1.165) is 36.9 Å². The third-order valence-electron chi connectivity index (χ3n) is 4.14. The van der Waals surface area contributed by atoms with Crippen molar-refractivity contribution in [1.29, 1.82) is 0 Å². The highest BCUT2D eigenvalue weighted by Gasteiger charge is 2.31. The first-order valence-electron chi connectivity index (χ1n) is 7.29. The number of carbonyl (C=O) groups is 1. The van der Waals surface area contributed by atoms with Crippen LogP contribution in [-0.4, -0.2) is 48.6 Å². The third kappa shape index (κ3) is 2.28. The molecule has 0 unspecified atom stereocenters. The Morgan fingerprint density at radius 1 is 1.24 bits per heavy atom. The van der Waals surface area contributed by atoms with Crippen molar-refractivity contribution in [3.05, 3.63) is 35.9 Å². The number of carbonyl (C=O) groups excluding carboxylic acids is 1. The molecule has 3 heterocycles. The van der Waals surface area contributed by atoms with Gasteiger partial charge >= 0.3 is 0 Å². The molecule has 2 aromatic rings. The van der Waals surface area contributed by atoms with Crippen molar-refractivity contribution in [3.63, 3.8) is 0 Å². The molecule has 0 radical (unpaired) electrons. The highest BCUT2D eigenvalue weighted by molar-refractivity contribution is 5.90. The summed E-state index contributed by atoms with van der Waals surface area (Å²) in [7, 11) is 0. The molecular formula is C14H16N6O. The smallest absolute Gasteiger partial charge is 0.291 e. The van der Waals surface area contributed by atoms with Crippen molar-refractivity contribution >= 4 is 5.91 Å². The maximum atomic E-state index is 12.7. The van der Waals surface area contributed by atoms with Crippen molar-refractivity contribution in [2.75, 3.05) is 13.1 Å². The summed E-state index contributed by atoms with van der Waals surface area (Å²) in [6.07, 6.45) is 8.87. The van der Waals surface area contributed by atoms with E-state index in [9.17, 15) is 4.79 Å². The molecule has 0 atom stereocenters. The first kappa shape index (κ1) is 12.4. The van der Waals surface area contributed by atoms with Crippen LogP contribution in [0.3, 0.4) is 0 Å². The minimum absolute atomic E-state index is 0.0276. The Hall–Kier alpha value is -2.31. The van der Waals surface area contributed by atoms with E-state index in [1.54, 1.807) is 12.7 Å². The summed E-state index contributed by atoms with van der Waals surface area (Å²) in [5.74, 6) is 0.440. The summed E-state index contributed by atoms with van der Waals surface area (Å²) in [6, 6.07) is 0.411. The van der Waals surface area contributed by atoms with Crippen LogP contribution in [0.2, 0.25) is 0 Å². The van der Waals surface area contributed by atoms with E-state index in [1.807, 2.05) is 15.7 Å². The van der Waals surface area contributed by atoms with E-state index in [2.05, 4.69) is 20.2 Å². The van der Waals surface area contributed by atoms with E-state index < -0.39 is 0 Å². The molecule has 2 aliphatic rings. The number of aromatic nitrogens is 5. The largest absolute Gasteiger partial charge is 0.335 e. The zero-order valence-corrected chi connectivity index (χ0v) is 11.6. The van der Waals surface area contributed by atoms with Gasteiger partial charge in [0.15, 0.2) is 0 Å². The molecule has 7 nitrogen and oxygen atoms in total. The molecule has 2 aromatic heterocycles. The number of fused-ring (bicyclic) bond motifs is 1. The molecule has 1 saturated carbocycles. The molecular weight excluding hydrogens is 268 g/mol. The maximum Gasteiger partial charge on any atom is 0.291 e.